The summed E-state index contributed by atoms with van der Waals surface area (Å²) in [7, 11) is 1.62. The van der Waals surface area contributed by atoms with Crippen LogP contribution in [0.5, 0.6) is 0 Å². The highest BCUT2D eigenvalue weighted by molar-refractivity contribution is 5.83. The molecule has 1 aliphatic heterocycles. The fraction of sp³-hybridized carbons (Fsp3) is 0.833. The summed E-state index contributed by atoms with van der Waals surface area (Å²) in [5.74, 6) is -0.808. The maximum absolute atomic E-state index is 12.2. The number of β-amino-alcohol motifs (C(OH)–C–C–N with tert-alkyl or cyclic N) is 1. The number of hydrogen-bond donors (Lipinski definition) is 3. The monoisotopic (exact) mass is 272 g/mol. The SMILES string of the molecule is CN(CC1CC(O)C1)C(=O)N1CC(O)C[C@H]1C(=O)O. The first-order valence-electron chi connectivity index (χ1n) is 6.49. The lowest BCUT2D eigenvalue weighted by atomic mass is 9.82. The van der Waals surface area contributed by atoms with Crippen molar-refractivity contribution in [3.63, 3.8) is 0 Å². The van der Waals surface area contributed by atoms with Gasteiger partial charge in [-0.25, -0.2) is 9.59 Å². The minimum Gasteiger partial charge on any atom is -0.480 e. The largest absolute Gasteiger partial charge is 0.480 e. The lowest BCUT2D eigenvalue weighted by Gasteiger charge is -2.36. The van der Waals surface area contributed by atoms with E-state index >= 15 is 0 Å². The number of carbonyl (C=O) groups is 2. The fourth-order valence-corrected chi connectivity index (χ4v) is 2.79. The van der Waals surface area contributed by atoms with E-state index in [-0.39, 0.29) is 31.0 Å². The normalized spacial score (nSPS) is 33.9. The van der Waals surface area contributed by atoms with Crippen molar-refractivity contribution in [1.82, 2.24) is 9.80 Å². The minimum atomic E-state index is -1.09. The second-order valence-electron chi connectivity index (χ2n) is 5.55. The van der Waals surface area contributed by atoms with Crippen molar-refractivity contribution in [1.29, 1.82) is 0 Å². The van der Waals surface area contributed by atoms with Gasteiger partial charge in [0.2, 0.25) is 0 Å². The maximum Gasteiger partial charge on any atom is 0.326 e. The smallest absolute Gasteiger partial charge is 0.326 e. The summed E-state index contributed by atoms with van der Waals surface area (Å²) in [6.45, 7) is 0.572. The summed E-state index contributed by atoms with van der Waals surface area (Å²) in [4.78, 5) is 25.9. The zero-order chi connectivity index (χ0) is 14.2. The molecule has 3 N–H and O–H groups in total. The second kappa shape index (κ2) is 5.34. The van der Waals surface area contributed by atoms with Gasteiger partial charge < -0.3 is 25.1 Å². The number of rotatable bonds is 3. The third-order valence-electron chi connectivity index (χ3n) is 3.88. The molecule has 1 heterocycles. The zero-order valence-corrected chi connectivity index (χ0v) is 10.9. The summed E-state index contributed by atoms with van der Waals surface area (Å²) in [6, 6.07) is -1.32. The number of aliphatic carboxylic acids is 1. The van der Waals surface area contributed by atoms with E-state index in [1.165, 1.54) is 9.80 Å². The Bertz CT molecular complexity index is 369. The van der Waals surface area contributed by atoms with Crippen LogP contribution in [0.15, 0.2) is 0 Å². The third-order valence-corrected chi connectivity index (χ3v) is 3.88. The predicted octanol–water partition coefficient (Wildman–Crippen LogP) is -0.671. The number of aliphatic hydroxyl groups excluding tert-OH is 2. The number of hydrogen-bond acceptors (Lipinski definition) is 4. The standard InChI is InChI=1S/C12H20N2O5/c1-13(5-7-2-8(15)3-7)12(19)14-6-9(16)4-10(14)11(17)18/h7-10,15-16H,2-6H2,1H3,(H,17,18)/t7?,8?,9?,10-/m0/s1. The van der Waals surface area contributed by atoms with E-state index in [9.17, 15) is 19.8 Å². The molecule has 0 aromatic carbocycles. The Balaban J connectivity index is 1.92. The van der Waals surface area contributed by atoms with Crippen molar-refractivity contribution in [2.45, 2.75) is 37.5 Å². The average Bonchev–Trinajstić information content (AvgIpc) is 2.68. The van der Waals surface area contributed by atoms with Crippen molar-refractivity contribution in [2.75, 3.05) is 20.1 Å². The molecule has 19 heavy (non-hydrogen) atoms. The van der Waals surface area contributed by atoms with Gasteiger partial charge in [-0.3, -0.25) is 0 Å². The molecule has 1 aliphatic carbocycles. The van der Waals surface area contributed by atoms with Crippen molar-refractivity contribution in [3.8, 4) is 0 Å². The highest BCUT2D eigenvalue weighted by Crippen LogP contribution is 2.28. The Hall–Kier alpha value is -1.34. The quantitative estimate of drug-likeness (QED) is 0.632. The van der Waals surface area contributed by atoms with Gasteiger partial charge in [-0.15, -0.1) is 0 Å². The van der Waals surface area contributed by atoms with Crippen LogP contribution in [0, 0.1) is 5.92 Å². The van der Waals surface area contributed by atoms with Gasteiger partial charge in [0.1, 0.15) is 6.04 Å². The fourth-order valence-electron chi connectivity index (χ4n) is 2.79. The van der Waals surface area contributed by atoms with Crippen LogP contribution in [0.3, 0.4) is 0 Å². The number of amides is 2. The first kappa shape index (κ1) is 14.1. The molecule has 2 rings (SSSR count). The van der Waals surface area contributed by atoms with E-state index < -0.39 is 18.1 Å². The molecule has 0 aromatic heterocycles. The highest BCUT2D eigenvalue weighted by atomic mass is 16.4. The molecule has 1 saturated heterocycles. The van der Waals surface area contributed by atoms with Crippen molar-refractivity contribution < 1.29 is 24.9 Å². The van der Waals surface area contributed by atoms with Crippen LogP contribution >= 0.6 is 0 Å². The number of urea groups is 1. The molecule has 2 amide bonds. The lowest BCUT2D eigenvalue weighted by Crippen LogP contribution is -2.49. The maximum atomic E-state index is 12.2. The number of carboxylic acid groups (broad SMARTS) is 1. The molecule has 7 heteroatoms. The Morgan fingerprint density at radius 3 is 2.37 bits per heavy atom. The van der Waals surface area contributed by atoms with Gasteiger partial charge in [0, 0.05) is 26.6 Å². The number of carboxylic acids is 1. The van der Waals surface area contributed by atoms with E-state index in [4.69, 9.17) is 5.11 Å². The third kappa shape index (κ3) is 2.98. The number of carbonyl (C=O) groups excluding carboxylic acids is 1. The Morgan fingerprint density at radius 1 is 1.21 bits per heavy atom. The lowest BCUT2D eigenvalue weighted by molar-refractivity contribution is -0.141. The minimum absolute atomic E-state index is 0.0629. The highest BCUT2D eigenvalue weighted by Gasteiger charge is 2.40. The molecule has 2 atom stereocenters. The van der Waals surface area contributed by atoms with E-state index in [0.717, 1.165) is 0 Å². The second-order valence-corrected chi connectivity index (χ2v) is 5.55. The van der Waals surface area contributed by atoms with E-state index in [2.05, 4.69) is 0 Å². The zero-order valence-electron chi connectivity index (χ0n) is 10.9. The summed E-state index contributed by atoms with van der Waals surface area (Å²) >= 11 is 0. The molecule has 108 valence electrons. The van der Waals surface area contributed by atoms with E-state index in [1.54, 1.807) is 7.05 Å². The van der Waals surface area contributed by atoms with Gasteiger partial charge in [0.15, 0.2) is 0 Å². The molecular formula is C12H20N2O5. The summed E-state index contributed by atoms with van der Waals surface area (Å²) in [6.07, 6.45) is 0.403. The Kier molecular flexibility index (Phi) is 3.96. The van der Waals surface area contributed by atoms with Crippen LogP contribution in [0.1, 0.15) is 19.3 Å². The van der Waals surface area contributed by atoms with Crippen LogP contribution in [0.25, 0.3) is 0 Å². The van der Waals surface area contributed by atoms with Crippen molar-refractivity contribution >= 4 is 12.0 Å². The molecular weight excluding hydrogens is 252 g/mol. The molecule has 0 spiro atoms. The predicted molar refractivity (Wildman–Crippen MR) is 65.5 cm³/mol. The molecule has 1 saturated carbocycles. The van der Waals surface area contributed by atoms with Crippen molar-refractivity contribution in [3.05, 3.63) is 0 Å². The van der Waals surface area contributed by atoms with Gasteiger partial charge in [-0.1, -0.05) is 0 Å². The number of aliphatic hydroxyl groups is 2. The van der Waals surface area contributed by atoms with Crippen LogP contribution in [-0.2, 0) is 4.79 Å². The topological polar surface area (TPSA) is 101 Å². The van der Waals surface area contributed by atoms with Crippen LogP contribution in [0.2, 0.25) is 0 Å². The van der Waals surface area contributed by atoms with Crippen LogP contribution < -0.4 is 0 Å². The van der Waals surface area contributed by atoms with Crippen LogP contribution in [0.4, 0.5) is 4.79 Å². The van der Waals surface area contributed by atoms with E-state index in [0.29, 0.717) is 19.4 Å². The summed E-state index contributed by atoms with van der Waals surface area (Å²) in [5.41, 5.74) is 0. The van der Waals surface area contributed by atoms with Gasteiger partial charge in [0.05, 0.1) is 12.2 Å². The summed E-state index contributed by atoms with van der Waals surface area (Å²) in [5, 5.41) is 27.8. The Labute approximate surface area is 111 Å². The summed E-state index contributed by atoms with van der Waals surface area (Å²) < 4.78 is 0. The first-order valence-corrected chi connectivity index (χ1v) is 6.49. The molecule has 0 aromatic rings. The average molecular weight is 272 g/mol. The van der Waals surface area contributed by atoms with Crippen molar-refractivity contribution in [2.24, 2.45) is 5.92 Å². The molecule has 0 radical (unpaired) electrons. The van der Waals surface area contributed by atoms with Gasteiger partial charge in [-0.05, 0) is 18.8 Å². The number of likely N-dealkylation sites (tertiary alicyclic amines) is 1. The molecule has 7 nitrogen and oxygen atoms in total. The Morgan fingerprint density at radius 2 is 1.84 bits per heavy atom. The van der Waals surface area contributed by atoms with Gasteiger partial charge in [0.25, 0.3) is 0 Å². The molecule has 2 aliphatic rings. The molecule has 2 fully saturated rings. The van der Waals surface area contributed by atoms with Gasteiger partial charge >= 0.3 is 12.0 Å². The molecule has 0 bridgehead atoms. The van der Waals surface area contributed by atoms with E-state index in [1.807, 2.05) is 0 Å². The number of nitrogens with zero attached hydrogens (tertiary/aromatic N) is 2. The van der Waals surface area contributed by atoms with Gasteiger partial charge in [-0.2, -0.15) is 0 Å². The first-order chi connectivity index (χ1) is 8.88. The van der Waals surface area contributed by atoms with Crippen LogP contribution in [-0.4, -0.2) is 75.5 Å². The molecule has 1 unspecified atom stereocenters.